The van der Waals surface area contributed by atoms with Crippen LogP contribution in [0.15, 0.2) is 18.2 Å². The summed E-state index contributed by atoms with van der Waals surface area (Å²) in [7, 11) is 0. The van der Waals surface area contributed by atoms with Gasteiger partial charge in [0.2, 0.25) is 5.91 Å². The Balaban J connectivity index is 2.61. The number of amides is 2. The molecule has 0 saturated heterocycles. The molecule has 1 aromatic rings. The number of nitrogens with one attached hydrogen (secondary N) is 2. The summed E-state index contributed by atoms with van der Waals surface area (Å²) in [6.45, 7) is 6.59. The molecule has 0 heterocycles. The fraction of sp³-hybridized carbons (Fsp3) is 0.429. The van der Waals surface area contributed by atoms with Gasteiger partial charge >= 0.3 is 6.09 Å². The third-order valence-electron chi connectivity index (χ3n) is 2.32. The summed E-state index contributed by atoms with van der Waals surface area (Å²) >= 11 is 5.62. The van der Waals surface area contributed by atoms with Crippen molar-refractivity contribution in [3.05, 3.63) is 29.0 Å². The lowest BCUT2D eigenvalue weighted by molar-refractivity contribution is -0.117. The molecule has 0 aliphatic carbocycles. The molecule has 2 amide bonds. The molecule has 0 radical (unpaired) electrons. The van der Waals surface area contributed by atoms with Crippen molar-refractivity contribution in [3.8, 4) is 0 Å². The Morgan fingerprint density at radius 2 is 1.95 bits per heavy atom. The minimum atomic E-state index is -0.880. The molecule has 0 unspecified atom stereocenters. The van der Waals surface area contributed by atoms with Crippen molar-refractivity contribution in [2.45, 2.75) is 39.3 Å². The predicted octanol–water partition coefficient (Wildman–Crippen LogP) is 3.33. The molecule has 1 rings (SSSR count). The van der Waals surface area contributed by atoms with Crippen LogP contribution in [0.4, 0.5) is 14.9 Å². The number of hydrogen-bond donors (Lipinski definition) is 2. The normalized spacial score (nSPS) is 12.5. The standard InChI is InChI=1S/C14H18ClFN2O3/c1-8(17-13(20)21-14(2,3)4)12(19)18-11-6-5-9(15)7-10(11)16/h5-8H,1-4H3,(H,17,20)(H,18,19)/t8-/m0/s1. The number of hydrogen-bond acceptors (Lipinski definition) is 3. The Labute approximate surface area is 127 Å². The van der Waals surface area contributed by atoms with Crippen molar-refractivity contribution in [2.24, 2.45) is 0 Å². The highest BCUT2D eigenvalue weighted by Crippen LogP contribution is 2.19. The highest BCUT2D eigenvalue weighted by molar-refractivity contribution is 6.30. The van der Waals surface area contributed by atoms with Crippen LogP contribution in [0.2, 0.25) is 5.02 Å². The molecule has 7 heteroatoms. The summed E-state index contributed by atoms with van der Waals surface area (Å²) in [5, 5.41) is 4.96. The van der Waals surface area contributed by atoms with Gasteiger partial charge in [-0.1, -0.05) is 11.6 Å². The third-order valence-corrected chi connectivity index (χ3v) is 2.55. The van der Waals surface area contributed by atoms with Crippen LogP contribution in [0.5, 0.6) is 0 Å². The summed E-state index contributed by atoms with van der Waals surface area (Å²) in [6, 6.07) is 3.00. The number of alkyl carbamates (subject to hydrolysis) is 1. The van der Waals surface area contributed by atoms with Crippen LogP contribution in [-0.4, -0.2) is 23.6 Å². The van der Waals surface area contributed by atoms with Gasteiger partial charge in [0.05, 0.1) is 5.69 Å². The Bertz CT molecular complexity index is 544. The van der Waals surface area contributed by atoms with E-state index in [0.29, 0.717) is 0 Å². The van der Waals surface area contributed by atoms with Crippen LogP contribution in [0.25, 0.3) is 0 Å². The second kappa shape index (κ2) is 6.76. The number of ether oxygens (including phenoxy) is 1. The van der Waals surface area contributed by atoms with Gasteiger partial charge in [-0.05, 0) is 45.9 Å². The molecular weight excluding hydrogens is 299 g/mol. The second-order valence-corrected chi connectivity index (χ2v) is 5.92. The number of halogens is 2. The van der Waals surface area contributed by atoms with Gasteiger partial charge in [-0.15, -0.1) is 0 Å². The van der Waals surface area contributed by atoms with E-state index in [1.807, 2.05) is 0 Å². The largest absolute Gasteiger partial charge is 0.444 e. The molecule has 0 aromatic heterocycles. The Hall–Kier alpha value is -1.82. The van der Waals surface area contributed by atoms with Gasteiger partial charge in [-0.25, -0.2) is 9.18 Å². The first-order valence-corrected chi connectivity index (χ1v) is 6.72. The van der Waals surface area contributed by atoms with E-state index >= 15 is 0 Å². The Morgan fingerprint density at radius 3 is 2.48 bits per heavy atom. The number of carbonyl (C=O) groups excluding carboxylic acids is 2. The summed E-state index contributed by atoms with van der Waals surface area (Å²) in [4.78, 5) is 23.4. The Morgan fingerprint density at radius 1 is 1.33 bits per heavy atom. The smallest absolute Gasteiger partial charge is 0.408 e. The molecule has 0 saturated carbocycles. The fourth-order valence-electron chi connectivity index (χ4n) is 1.38. The summed E-state index contributed by atoms with van der Waals surface area (Å²) in [5.41, 5.74) is -0.676. The number of rotatable bonds is 3. The highest BCUT2D eigenvalue weighted by atomic mass is 35.5. The molecule has 2 N–H and O–H groups in total. The van der Waals surface area contributed by atoms with E-state index < -0.39 is 29.5 Å². The second-order valence-electron chi connectivity index (χ2n) is 5.48. The quantitative estimate of drug-likeness (QED) is 0.898. The van der Waals surface area contributed by atoms with E-state index in [0.717, 1.165) is 6.07 Å². The topological polar surface area (TPSA) is 67.4 Å². The van der Waals surface area contributed by atoms with Crippen molar-refractivity contribution in [1.29, 1.82) is 0 Å². The molecule has 5 nitrogen and oxygen atoms in total. The van der Waals surface area contributed by atoms with Gasteiger partial charge in [0.25, 0.3) is 0 Å². The van der Waals surface area contributed by atoms with Gasteiger partial charge in [0.15, 0.2) is 0 Å². The van der Waals surface area contributed by atoms with E-state index in [-0.39, 0.29) is 10.7 Å². The van der Waals surface area contributed by atoms with E-state index in [4.69, 9.17) is 16.3 Å². The van der Waals surface area contributed by atoms with E-state index in [1.165, 1.54) is 19.1 Å². The molecule has 1 aromatic carbocycles. The van der Waals surface area contributed by atoms with Gasteiger partial charge < -0.3 is 15.4 Å². The minimum Gasteiger partial charge on any atom is -0.444 e. The van der Waals surface area contributed by atoms with Crippen LogP contribution in [0.3, 0.4) is 0 Å². The van der Waals surface area contributed by atoms with Crippen molar-refractivity contribution in [3.63, 3.8) is 0 Å². The van der Waals surface area contributed by atoms with Gasteiger partial charge in [0.1, 0.15) is 17.5 Å². The molecule has 0 fully saturated rings. The zero-order valence-corrected chi connectivity index (χ0v) is 13.0. The molecule has 116 valence electrons. The maximum absolute atomic E-state index is 13.5. The molecule has 21 heavy (non-hydrogen) atoms. The lowest BCUT2D eigenvalue weighted by atomic mass is 10.2. The van der Waals surface area contributed by atoms with Gasteiger partial charge in [0, 0.05) is 5.02 Å². The Kier molecular flexibility index (Phi) is 5.54. The van der Waals surface area contributed by atoms with E-state index in [9.17, 15) is 14.0 Å². The van der Waals surface area contributed by atoms with Crippen LogP contribution in [-0.2, 0) is 9.53 Å². The van der Waals surface area contributed by atoms with Gasteiger partial charge in [-0.2, -0.15) is 0 Å². The number of carbonyl (C=O) groups is 2. The molecule has 0 aliphatic heterocycles. The molecular formula is C14H18ClFN2O3. The lowest BCUT2D eigenvalue weighted by Gasteiger charge is -2.21. The third kappa shape index (κ3) is 5.99. The number of benzene rings is 1. The summed E-state index contributed by atoms with van der Waals surface area (Å²) < 4.78 is 18.6. The summed E-state index contributed by atoms with van der Waals surface area (Å²) in [6.07, 6.45) is -0.721. The summed E-state index contributed by atoms with van der Waals surface area (Å²) in [5.74, 6) is -1.22. The zero-order valence-electron chi connectivity index (χ0n) is 12.3. The highest BCUT2D eigenvalue weighted by Gasteiger charge is 2.21. The van der Waals surface area contributed by atoms with Crippen molar-refractivity contribution >= 4 is 29.3 Å². The maximum atomic E-state index is 13.5. The SMILES string of the molecule is C[C@H](NC(=O)OC(C)(C)C)C(=O)Nc1ccc(Cl)cc1F. The van der Waals surface area contributed by atoms with E-state index in [1.54, 1.807) is 20.8 Å². The minimum absolute atomic E-state index is 0.0118. The van der Waals surface area contributed by atoms with E-state index in [2.05, 4.69) is 10.6 Å². The van der Waals surface area contributed by atoms with Crippen molar-refractivity contribution < 1.29 is 18.7 Å². The van der Waals surface area contributed by atoms with Crippen LogP contribution in [0.1, 0.15) is 27.7 Å². The molecule has 0 aliphatic rings. The van der Waals surface area contributed by atoms with Gasteiger partial charge in [-0.3, -0.25) is 4.79 Å². The average molecular weight is 317 g/mol. The van der Waals surface area contributed by atoms with Crippen molar-refractivity contribution in [2.75, 3.05) is 5.32 Å². The molecule has 0 bridgehead atoms. The van der Waals surface area contributed by atoms with Crippen LogP contribution >= 0.6 is 11.6 Å². The fourth-order valence-corrected chi connectivity index (χ4v) is 1.54. The lowest BCUT2D eigenvalue weighted by Crippen LogP contribution is -2.44. The van der Waals surface area contributed by atoms with Crippen LogP contribution in [0, 0.1) is 5.82 Å². The maximum Gasteiger partial charge on any atom is 0.408 e. The van der Waals surface area contributed by atoms with Crippen LogP contribution < -0.4 is 10.6 Å². The number of anilines is 1. The predicted molar refractivity (Wildman–Crippen MR) is 78.9 cm³/mol. The first-order valence-electron chi connectivity index (χ1n) is 6.34. The first kappa shape index (κ1) is 17.2. The zero-order chi connectivity index (χ0) is 16.2. The average Bonchev–Trinajstić information content (AvgIpc) is 2.29. The van der Waals surface area contributed by atoms with Crippen molar-refractivity contribution in [1.82, 2.24) is 5.32 Å². The molecule has 1 atom stereocenters. The molecule has 0 spiro atoms. The monoisotopic (exact) mass is 316 g/mol. The first-order chi connectivity index (χ1) is 9.58.